The number of ketones is 1. The second-order valence-electron chi connectivity index (χ2n) is 7.23. The Morgan fingerprint density at radius 3 is 2.52 bits per heavy atom. The molecule has 0 aliphatic heterocycles. The Morgan fingerprint density at radius 1 is 1.07 bits per heavy atom. The van der Waals surface area contributed by atoms with Crippen LogP contribution in [0.5, 0.6) is 0 Å². The van der Waals surface area contributed by atoms with Crippen LogP contribution in [0.3, 0.4) is 0 Å². The van der Waals surface area contributed by atoms with E-state index in [1.54, 1.807) is 12.1 Å². The topological polar surface area (TPSA) is 48.3 Å². The van der Waals surface area contributed by atoms with Crippen molar-refractivity contribution < 1.29 is 14.3 Å². The van der Waals surface area contributed by atoms with Crippen LogP contribution in [0.2, 0.25) is 5.02 Å². The molecule has 5 heteroatoms. The molecule has 0 amide bonds. The number of carbonyl (C=O) groups is 2. The van der Waals surface area contributed by atoms with Crippen molar-refractivity contribution in [3.63, 3.8) is 0 Å². The molecular weight excluding hydrogens is 386 g/mol. The first-order valence-corrected chi connectivity index (χ1v) is 10.4. The minimum atomic E-state index is -0.437. The molecule has 0 spiro atoms. The van der Waals surface area contributed by atoms with Crippen molar-refractivity contribution in [2.24, 2.45) is 0 Å². The van der Waals surface area contributed by atoms with Gasteiger partial charge >= 0.3 is 5.97 Å². The van der Waals surface area contributed by atoms with Gasteiger partial charge in [-0.2, -0.15) is 0 Å². The summed E-state index contributed by atoms with van der Waals surface area (Å²) in [6, 6.07) is 14.5. The van der Waals surface area contributed by atoms with E-state index in [0.29, 0.717) is 17.0 Å². The maximum Gasteiger partial charge on any atom is 0.328 e. The van der Waals surface area contributed by atoms with Gasteiger partial charge in [0.1, 0.15) is 6.04 Å². The fourth-order valence-corrected chi connectivity index (χ4v) is 3.81. The average molecular weight is 412 g/mol. The molecule has 0 fully saturated rings. The Balaban J connectivity index is 1.98. The quantitative estimate of drug-likeness (QED) is 0.246. The lowest BCUT2D eigenvalue weighted by Crippen LogP contribution is -2.21. The van der Waals surface area contributed by atoms with Gasteiger partial charge in [-0.15, -0.1) is 0 Å². The van der Waals surface area contributed by atoms with E-state index in [1.807, 2.05) is 47.2 Å². The SMILES string of the molecule is CCCCCC(C(=O)OC)n1ccc2cccc(C(=O)Cc3ccc(Cl)cc3)c21. The standard InChI is InChI=1S/C24H26ClNO3/c1-3-4-5-9-21(24(28)29-2)26-15-14-18-7-6-8-20(23(18)26)22(27)16-17-10-12-19(25)13-11-17/h6-8,10-15,21H,3-5,9,16H2,1-2H3. The van der Waals surface area contributed by atoms with Crippen molar-refractivity contribution in [1.29, 1.82) is 0 Å². The molecule has 0 radical (unpaired) electrons. The highest BCUT2D eigenvalue weighted by Crippen LogP contribution is 2.28. The molecule has 4 nitrogen and oxygen atoms in total. The Hall–Kier alpha value is -2.59. The average Bonchev–Trinajstić information content (AvgIpc) is 3.16. The van der Waals surface area contributed by atoms with Gasteiger partial charge in [0, 0.05) is 28.6 Å². The number of rotatable bonds is 9. The maximum absolute atomic E-state index is 13.1. The van der Waals surface area contributed by atoms with Crippen molar-refractivity contribution in [3.05, 3.63) is 70.9 Å². The number of aromatic nitrogens is 1. The summed E-state index contributed by atoms with van der Waals surface area (Å²) in [4.78, 5) is 25.6. The minimum Gasteiger partial charge on any atom is -0.467 e. The van der Waals surface area contributed by atoms with Crippen LogP contribution in [-0.2, 0) is 16.0 Å². The first-order valence-electron chi connectivity index (χ1n) is 10.00. The highest BCUT2D eigenvalue weighted by molar-refractivity contribution is 6.30. The van der Waals surface area contributed by atoms with Crippen molar-refractivity contribution >= 4 is 34.3 Å². The number of methoxy groups -OCH3 is 1. The molecule has 3 aromatic rings. The number of hydrogen-bond acceptors (Lipinski definition) is 3. The number of esters is 1. The zero-order chi connectivity index (χ0) is 20.8. The summed E-state index contributed by atoms with van der Waals surface area (Å²) < 4.78 is 6.97. The second kappa shape index (κ2) is 9.75. The third-order valence-electron chi connectivity index (χ3n) is 5.21. The summed E-state index contributed by atoms with van der Waals surface area (Å²) in [6.45, 7) is 2.13. The third-order valence-corrected chi connectivity index (χ3v) is 5.46. The van der Waals surface area contributed by atoms with Gasteiger partial charge in [-0.25, -0.2) is 4.79 Å². The van der Waals surface area contributed by atoms with Crippen LogP contribution in [0, 0.1) is 0 Å². The number of ether oxygens (including phenoxy) is 1. The smallest absolute Gasteiger partial charge is 0.328 e. The molecule has 1 unspecified atom stereocenters. The second-order valence-corrected chi connectivity index (χ2v) is 7.66. The first kappa shape index (κ1) is 21.1. The van der Waals surface area contributed by atoms with Crippen LogP contribution in [0.4, 0.5) is 0 Å². The Morgan fingerprint density at radius 2 is 1.83 bits per heavy atom. The van der Waals surface area contributed by atoms with Gasteiger partial charge in [-0.3, -0.25) is 4.79 Å². The number of benzene rings is 2. The van der Waals surface area contributed by atoms with Crippen molar-refractivity contribution in [2.75, 3.05) is 7.11 Å². The number of halogens is 1. The number of nitrogens with zero attached hydrogens (tertiary/aromatic N) is 1. The molecule has 0 N–H and O–H groups in total. The van der Waals surface area contributed by atoms with E-state index in [-0.39, 0.29) is 18.2 Å². The fourth-order valence-electron chi connectivity index (χ4n) is 3.68. The van der Waals surface area contributed by atoms with E-state index >= 15 is 0 Å². The molecule has 0 saturated carbocycles. The molecule has 2 aromatic carbocycles. The predicted octanol–water partition coefficient (Wildman–Crippen LogP) is 6.01. The van der Waals surface area contributed by atoms with E-state index < -0.39 is 6.04 Å². The first-order chi connectivity index (χ1) is 14.0. The molecule has 29 heavy (non-hydrogen) atoms. The van der Waals surface area contributed by atoms with E-state index in [2.05, 4.69) is 6.92 Å². The lowest BCUT2D eigenvalue weighted by atomic mass is 10.0. The summed E-state index contributed by atoms with van der Waals surface area (Å²) in [7, 11) is 1.41. The normalized spacial score (nSPS) is 12.1. The molecule has 1 atom stereocenters. The van der Waals surface area contributed by atoms with Gasteiger partial charge in [0.05, 0.1) is 12.6 Å². The summed E-state index contributed by atoms with van der Waals surface area (Å²) in [5.74, 6) is -0.270. The Labute approximate surface area is 176 Å². The Kier molecular flexibility index (Phi) is 7.10. The van der Waals surface area contributed by atoms with Crippen LogP contribution in [0.15, 0.2) is 54.7 Å². The number of fused-ring (bicyclic) bond motifs is 1. The third kappa shape index (κ3) is 4.88. The summed E-state index contributed by atoms with van der Waals surface area (Å²) in [5.41, 5.74) is 2.31. The molecule has 1 aromatic heterocycles. The van der Waals surface area contributed by atoms with E-state index in [1.165, 1.54) is 7.11 Å². The van der Waals surface area contributed by atoms with Crippen LogP contribution in [-0.4, -0.2) is 23.4 Å². The number of unbranched alkanes of at least 4 members (excludes halogenated alkanes) is 2. The van der Waals surface area contributed by atoms with E-state index in [4.69, 9.17) is 16.3 Å². The van der Waals surface area contributed by atoms with Gasteiger partial charge in [0.15, 0.2) is 5.78 Å². The number of para-hydroxylation sites is 1. The summed E-state index contributed by atoms with van der Waals surface area (Å²) >= 11 is 5.95. The lowest BCUT2D eigenvalue weighted by Gasteiger charge is -2.19. The highest BCUT2D eigenvalue weighted by atomic mass is 35.5. The zero-order valence-corrected chi connectivity index (χ0v) is 17.6. The van der Waals surface area contributed by atoms with E-state index in [9.17, 15) is 9.59 Å². The lowest BCUT2D eigenvalue weighted by molar-refractivity contribution is -0.144. The molecule has 0 saturated heterocycles. The largest absolute Gasteiger partial charge is 0.467 e. The Bertz CT molecular complexity index is 991. The van der Waals surface area contributed by atoms with Gasteiger partial charge < -0.3 is 9.30 Å². The summed E-state index contributed by atoms with van der Waals surface area (Å²) in [5, 5.41) is 1.58. The monoisotopic (exact) mass is 411 g/mol. The van der Waals surface area contributed by atoms with Gasteiger partial charge in [0.2, 0.25) is 0 Å². The fraction of sp³-hybridized carbons (Fsp3) is 0.333. The van der Waals surface area contributed by atoms with Gasteiger partial charge in [-0.1, -0.05) is 62.1 Å². The molecule has 3 rings (SSSR count). The molecule has 0 bridgehead atoms. The van der Waals surface area contributed by atoms with Crippen LogP contribution < -0.4 is 0 Å². The minimum absolute atomic E-state index is 0.00930. The molecular formula is C24H26ClNO3. The van der Waals surface area contributed by atoms with Crippen molar-refractivity contribution in [3.8, 4) is 0 Å². The van der Waals surface area contributed by atoms with E-state index in [0.717, 1.165) is 35.7 Å². The van der Waals surface area contributed by atoms with Crippen LogP contribution in [0.1, 0.15) is 54.6 Å². The molecule has 0 aliphatic rings. The van der Waals surface area contributed by atoms with Crippen molar-refractivity contribution in [1.82, 2.24) is 4.57 Å². The van der Waals surface area contributed by atoms with Gasteiger partial charge in [-0.05, 0) is 36.2 Å². The predicted molar refractivity (Wildman–Crippen MR) is 117 cm³/mol. The molecule has 0 aliphatic carbocycles. The summed E-state index contributed by atoms with van der Waals surface area (Å²) in [6.07, 6.45) is 5.90. The van der Waals surface area contributed by atoms with Crippen LogP contribution >= 0.6 is 11.6 Å². The van der Waals surface area contributed by atoms with Crippen LogP contribution in [0.25, 0.3) is 10.9 Å². The van der Waals surface area contributed by atoms with Crippen molar-refractivity contribution in [2.45, 2.75) is 45.1 Å². The molecule has 1 heterocycles. The number of hydrogen-bond donors (Lipinski definition) is 0. The number of carbonyl (C=O) groups excluding carboxylic acids is 2. The maximum atomic E-state index is 13.1. The van der Waals surface area contributed by atoms with Gasteiger partial charge in [0.25, 0.3) is 0 Å². The zero-order valence-electron chi connectivity index (χ0n) is 16.9. The number of Topliss-reactive ketones (excluding diaryl/α,β-unsaturated/α-hetero) is 1. The molecule has 152 valence electrons. The highest BCUT2D eigenvalue weighted by Gasteiger charge is 2.24.